The zero-order valence-electron chi connectivity index (χ0n) is 14.0. The molecule has 0 aliphatic heterocycles. The van der Waals surface area contributed by atoms with Crippen LogP contribution in [0.1, 0.15) is 53.8 Å². The molecule has 0 spiro atoms. The van der Waals surface area contributed by atoms with Gasteiger partial charge in [0.05, 0.1) is 6.10 Å². The molecule has 3 N–H and O–H groups in total. The zero-order chi connectivity index (χ0) is 15.8. The topological polar surface area (TPSA) is 73.1 Å². The van der Waals surface area contributed by atoms with E-state index in [2.05, 4.69) is 49.9 Å². The van der Waals surface area contributed by atoms with Crippen molar-refractivity contribution in [1.82, 2.24) is 9.97 Å². The molecule has 2 rings (SSSR count). The monoisotopic (exact) mass is 292 g/mol. The van der Waals surface area contributed by atoms with Gasteiger partial charge >= 0.3 is 0 Å². The first-order valence-corrected chi connectivity index (χ1v) is 7.67. The maximum Gasteiger partial charge on any atom is 0.138 e. The van der Waals surface area contributed by atoms with Gasteiger partial charge in [0.15, 0.2) is 0 Å². The van der Waals surface area contributed by atoms with Crippen LogP contribution in [-0.2, 0) is 10.2 Å². The highest BCUT2D eigenvalue weighted by atomic mass is 16.5. The number of hydrogen-bond donors (Lipinski definition) is 2. The maximum absolute atomic E-state index is 5.92. The molecule has 1 aliphatic carbocycles. The fraction of sp³-hybridized carbons (Fsp3) is 0.750. The van der Waals surface area contributed by atoms with E-state index >= 15 is 0 Å². The van der Waals surface area contributed by atoms with Crippen molar-refractivity contribution in [2.45, 2.75) is 65.5 Å². The molecule has 0 amide bonds. The van der Waals surface area contributed by atoms with Crippen LogP contribution in [-0.4, -0.2) is 28.7 Å². The van der Waals surface area contributed by atoms with Crippen LogP contribution in [0.4, 0.5) is 11.6 Å². The second kappa shape index (κ2) is 5.44. The number of rotatable bonds is 4. The Bertz CT molecular complexity index is 507. The third-order valence-corrected chi connectivity index (χ3v) is 4.28. The number of aromatic nitrogens is 2. The smallest absolute Gasteiger partial charge is 0.138 e. The summed E-state index contributed by atoms with van der Waals surface area (Å²) in [5.41, 5.74) is 5.90. The molecule has 1 aromatic rings. The minimum Gasteiger partial charge on any atom is -0.384 e. The summed E-state index contributed by atoms with van der Waals surface area (Å²) in [6, 6.07) is 2.15. The van der Waals surface area contributed by atoms with Gasteiger partial charge in [0.2, 0.25) is 0 Å². The van der Waals surface area contributed by atoms with Crippen LogP contribution < -0.4 is 11.1 Å². The highest BCUT2D eigenvalue weighted by Crippen LogP contribution is 2.44. The first-order valence-electron chi connectivity index (χ1n) is 7.67. The van der Waals surface area contributed by atoms with E-state index in [1.165, 1.54) is 0 Å². The molecule has 0 saturated heterocycles. The summed E-state index contributed by atoms with van der Waals surface area (Å²) in [4.78, 5) is 8.96. The first kappa shape index (κ1) is 16.0. The van der Waals surface area contributed by atoms with Gasteiger partial charge in [-0.3, -0.25) is 0 Å². The molecule has 0 bridgehead atoms. The Morgan fingerprint density at radius 2 is 2.05 bits per heavy atom. The Balaban J connectivity index is 2.13. The van der Waals surface area contributed by atoms with Gasteiger partial charge in [-0.1, -0.05) is 34.6 Å². The molecule has 2 atom stereocenters. The van der Waals surface area contributed by atoms with E-state index in [1.54, 1.807) is 6.07 Å². The third-order valence-electron chi connectivity index (χ3n) is 4.28. The fourth-order valence-electron chi connectivity index (χ4n) is 2.67. The Kier molecular flexibility index (Phi) is 4.15. The fourth-order valence-corrected chi connectivity index (χ4v) is 2.67. The lowest BCUT2D eigenvalue weighted by molar-refractivity contribution is -0.0976. The quantitative estimate of drug-likeness (QED) is 0.892. The van der Waals surface area contributed by atoms with Gasteiger partial charge < -0.3 is 15.8 Å². The molecule has 118 valence electrons. The van der Waals surface area contributed by atoms with Crippen molar-refractivity contribution in [2.75, 3.05) is 17.7 Å². The van der Waals surface area contributed by atoms with Crippen LogP contribution in [0.5, 0.6) is 0 Å². The molecule has 1 heterocycles. The number of nitrogens with one attached hydrogen (secondary N) is 1. The van der Waals surface area contributed by atoms with Crippen LogP contribution in [0.2, 0.25) is 0 Å². The van der Waals surface area contributed by atoms with Gasteiger partial charge in [-0.2, -0.15) is 0 Å². The summed E-state index contributed by atoms with van der Waals surface area (Å²) >= 11 is 0. The normalized spacial score (nSPS) is 24.5. The minimum absolute atomic E-state index is 0.0949. The Morgan fingerprint density at radius 3 is 2.57 bits per heavy atom. The minimum atomic E-state index is -0.116. The zero-order valence-corrected chi connectivity index (χ0v) is 14.0. The lowest BCUT2D eigenvalue weighted by Crippen LogP contribution is -2.58. The molecule has 5 heteroatoms. The van der Waals surface area contributed by atoms with Crippen molar-refractivity contribution >= 4 is 11.6 Å². The van der Waals surface area contributed by atoms with Crippen molar-refractivity contribution in [3.8, 4) is 0 Å². The van der Waals surface area contributed by atoms with Crippen molar-refractivity contribution in [3.63, 3.8) is 0 Å². The summed E-state index contributed by atoms with van der Waals surface area (Å²) < 4.78 is 5.77. The van der Waals surface area contributed by atoms with Gasteiger partial charge in [0, 0.05) is 29.5 Å². The van der Waals surface area contributed by atoms with Crippen LogP contribution >= 0.6 is 0 Å². The van der Waals surface area contributed by atoms with Crippen molar-refractivity contribution in [2.24, 2.45) is 5.41 Å². The molecule has 1 saturated carbocycles. The standard InChI is InChI=1S/C16H28N4O/c1-7-21-11-8-10(16(11,5)6)18-13-9-12(17)19-14(20-13)15(2,3)4/h9-11H,7-8H2,1-6H3,(H3,17,18,19,20). The average molecular weight is 292 g/mol. The Labute approximate surface area is 127 Å². The summed E-state index contributed by atoms with van der Waals surface area (Å²) in [7, 11) is 0. The van der Waals surface area contributed by atoms with Gasteiger partial charge in [0.25, 0.3) is 0 Å². The predicted molar refractivity (Wildman–Crippen MR) is 86.4 cm³/mol. The molecule has 1 aromatic heterocycles. The third kappa shape index (κ3) is 3.28. The number of anilines is 2. The van der Waals surface area contributed by atoms with E-state index in [9.17, 15) is 0 Å². The lowest BCUT2D eigenvalue weighted by Gasteiger charge is -2.51. The second-order valence-corrected chi connectivity index (χ2v) is 7.45. The second-order valence-electron chi connectivity index (χ2n) is 7.45. The summed E-state index contributed by atoms with van der Waals surface area (Å²) in [6.07, 6.45) is 1.30. The average Bonchev–Trinajstić information content (AvgIpc) is 2.36. The maximum atomic E-state index is 5.92. The van der Waals surface area contributed by atoms with E-state index < -0.39 is 0 Å². The molecule has 5 nitrogen and oxygen atoms in total. The van der Waals surface area contributed by atoms with Gasteiger partial charge in [-0.25, -0.2) is 9.97 Å². The van der Waals surface area contributed by atoms with Gasteiger partial charge in [-0.05, 0) is 13.3 Å². The molecule has 0 radical (unpaired) electrons. The highest BCUT2D eigenvalue weighted by Gasteiger charge is 2.49. The van der Waals surface area contributed by atoms with Crippen LogP contribution in [0.3, 0.4) is 0 Å². The number of nitrogens with zero attached hydrogens (tertiary/aromatic N) is 2. The predicted octanol–water partition coefficient (Wildman–Crippen LogP) is 2.97. The van der Waals surface area contributed by atoms with Gasteiger partial charge in [-0.15, -0.1) is 0 Å². The van der Waals surface area contributed by atoms with Crippen LogP contribution in [0.25, 0.3) is 0 Å². The SMILES string of the molecule is CCOC1CC(Nc2cc(N)nc(C(C)(C)C)n2)C1(C)C. The molecule has 1 aliphatic rings. The van der Waals surface area contributed by atoms with E-state index in [-0.39, 0.29) is 10.8 Å². The van der Waals surface area contributed by atoms with Crippen LogP contribution in [0.15, 0.2) is 6.07 Å². The van der Waals surface area contributed by atoms with E-state index in [0.29, 0.717) is 18.0 Å². The molecule has 2 unspecified atom stereocenters. The first-order chi connectivity index (χ1) is 9.64. The van der Waals surface area contributed by atoms with Crippen LogP contribution in [0, 0.1) is 5.41 Å². The van der Waals surface area contributed by atoms with E-state index in [4.69, 9.17) is 10.5 Å². The van der Waals surface area contributed by atoms with Crippen molar-refractivity contribution < 1.29 is 4.74 Å². The number of ether oxygens (including phenoxy) is 1. The van der Waals surface area contributed by atoms with Crippen molar-refractivity contribution in [3.05, 3.63) is 11.9 Å². The highest BCUT2D eigenvalue weighted by molar-refractivity contribution is 5.47. The van der Waals surface area contributed by atoms with E-state index in [0.717, 1.165) is 24.7 Å². The largest absolute Gasteiger partial charge is 0.384 e. The van der Waals surface area contributed by atoms with Gasteiger partial charge in [0.1, 0.15) is 17.5 Å². The molecular formula is C16H28N4O. The molecule has 0 aromatic carbocycles. The molecule has 21 heavy (non-hydrogen) atoms. The number of nitrogen functional groups attached to an aromatic ring is 1. The molecular weight excluding hydrogens is 264 g/mol. The summed E-state index contributed by atoms with van der Waals surface area (Å²) in [5.74, 6) is 2.08. The summed E-state index contributed by atoms with van der Waals surface area (Å²) in [6.45, 7) is 13.5. The van der Waals surface area contributed by atoms with Crippen molar-refractivity contribution in [1.29, 1.82) is 0 Å². The molecule has 1 fully saturated rings. The lowest BCUT2D eigenvalue weighted by atomic mass is 9.64. The van der Waals surface area contributed by atoms with E-state index in [1.807, 2.05) is 6.92 Å². The Hall–Kier alpha value is -1.36. The summed E-state index contributed by atoms with van der Waals surface area (Å²) in [5, 5.41) is 3.50. The number of hydrogen-bond acceptors (Lipinski definition) is 5. The number of nitrogens with two attached hydrogens (primary N) is 1. The Morgan fingerprint density at radius 1 is 1.38 bits per heavy atom.